The average Bonchev–Trinajstić information content (AvgIpc) is 2.28. The molecule has 0 fully saturated rings. The van der Waals surface area contributed by atoms with E-state index in [1.165, 1.54) is 0 Å². The summed E-state index contributed by atoms with van der Waals surface area (Å²) in [6.07, 6.45) is 0. The Labute approximate surface area is 130 Å². The van der Waals surface area contributed by atoms with Gasteiger partial charge in [0.05, 0.1) is 0 Å². The zero-order valence-corrected chi connectivity index (χ0v) is 17.7. The second-order valence-electron chi connectivity index (χ2n) is 7.45. The van der Waals surface area contributed by atoms with Gasteiger partial charge in [-0.05, 0) is 0 Å². The molecule has 0 aromatic heterocycles. The molecule has 0 saturated heterocycles. The molecule has 0 aliphatic rings. The van der Waals surface area contributed by atoms with E-state index in [1.807, 2.05) is 0 Å². The van der Waals surface area contributed by atoms with Crippen molar-refractivity contribution in [2.75, 3.05) is 26.2 Å². The summed E-state index contributed by atoms with van der Waals surface area (Å²) in [4.78, 5) is 0. The quantitative estimate of drug-likeness (QED) is 0.699. The summed E-state index contributed by atoms with van der Waals surface area (Å²) < 4.78 is 13.2. The van der Waals surface area contributed by atoms with Crippen LogP contribution < -0.4 is 4.29 Å². The summed E-state index contributed by atoms with van der Waals surface area (Å²) in [5.41, 5.74) is 0. The molecule has 125 valence electrons. The Kier molecular flexibility index (Phi) is 6.54. The van der Waals surface area contributed by atoms with Crippen LogP contribution in [-0.2, 0) is 15.6 Å². The number of nitrogens with two attached hydrogens (primary N) is 1. The molecule has 3 nitrogen and oxygen atoms in total. The van der Waals surface area contributed by atoms with E-state index in [2.05, 4.69) is 76.2 Å². The first-order valence-electron chi connectivity index (χ1n) is 8.10. The van der Waals surface area contributed by atoms with Crippen LogP contribution in [0.15, 0.2) is 0 Å². The maximum absolute atomic E-state index is 7.65. The minimum atomic E-state index is -3.71. The molecule has 0 atom stereocenters. The van der Waals surface area contributed by atoms with E-state index in [9.17, 15) is 0 Å². The molecule has 0 aliphatic heterocycles. The van der Waals surface area contributed by atoms with Crippen LogP contribution in [0.1, 0.15) is 69.2 Å². The zero-order chi connectivity index (χ0) is 16.4. The molecule has 0 aromatic rings. The SMILES string of the molecule is CC[N](CC)[Mo]([NH2])([N](CC)CC)([C](C)(C)C)[C](C)(C)C. The fraction of sp³-hybridized carbons (Fsp3) is 1.00. The molecule has 0 rings (SSSR count). The molecular weight excluding hydrogens is 330 g/mol. The average molecular weight is 370 g/mol. The first-order valence-corrected chi connectivity index (χ1v) is 13.1. The van der Waals surface area contributed by atoms with Crippen molar-refractivity contribution in [1.82, 2.24) is 6.92 Å². The Balaban J connectivity index is 6.68. The molecule has 0 bridgehead atoms. The first kappa shape index (κ1) is 20.6. The van der Waals surface area contributed by atoms with Crippen LogP contribution in [0.2, 0.25) is 7.61 Å². The number of nitrogens with zero attached hydrogens (tertiary/aromatic N) is 2. The summed E-state index contributed by atoms with van der Waals surface area (Å²) in [5.74, 6) is 0. The Morgan fingerprint density at radius 1 is 0.650 bits per heavy atom. The summed E-state index contributed by atoms with van der Waals surface area (Å²) >= 11 is -3.71. The number of rotatable bonds is 6. The number of hydrogen-bond acceptors (Lipinski definition) is 3. The molecule has 0 heterocycles. The molecule has 20 heavy (non-hydrogen) atoms. The van der Waals surface area contributed by atoms with Gasteiger partial charge in [-0.2, -0.15) is 0 Å². The molecule has 0 spiro atoms. The van der Waals surface area contributed by atoms with Gasteiger partial charge in [0.25, 0.3) is 0 Å². The summed E-state index contributed by atoms with van der Waals surface area (Å²) in [6, 6.07) is 0. The summed E-state index contributed by atoms with van der Waals surface area (Å²) in [7, 11) is 0. The summed E-state index contributed by atoms with van der Waals surface area (Å²) in [6.45, 7) is 27.4. The molecule has 0 unspecified atom stereocenters. The normalized spacial score (nSPS) is 16.6. The molecule has 2 N–H and O–H groups in total. The predicted octanol–water partition coefficient (Wildman–Crippen LogP) is 4.50. The maximum atomic E-state index is 7.65. The monoisotopic (exact) mass is 372 g/mol. The van der Waals surface area contributed by atoms with Crippen LogP contribution in [0.5, 0.6) is 0 Å². The van der Waals surface area contributed by atoms with Gasteiger partial charge in [0, 0.05) is 0 Å². The van der Waals surface area contributed by atoms with Gasteiger partial charge in [-0.25, -0.2) is 0 Å². The predicted molar refractivity (Wildman–Crippen MR) is 89.5 cm³/mol. The van der Waals surface area contributed by atoms with Crippen molar-refractivity contribution in [3.05, 3.63) is 0 Å². The van der Waals surface area contributed by atoms with Gasteiger partial charge >= 0.3 is 130 Å². The minimum absolute atomic E-state index is 0.107. The van der Waals surface area contributed by atoms with Gasteiger partial charge in [-0.1, -0.05) is 0 Å². The van der Waals surface area contributed by atoms with Crippen molar-refractivity contribution in [1.29, 1.82) is 0 Å². The second-order valence-corrected chi connectivity index (χ2v) is 20.9. The Hall–Kier alpha value is 0.568. The topological polar surface area (TPSA) is 32.5 Å². The zero-order valence-electron chi connectivity index (χ0n) is 15.7. The van der Waals surface area contributed by atoms with E-state index in [4.69, 9.17) is 4.29 Å². The van der Waals surface area contributed by atoms with E-state index in [1.54, 1.807) is 0 Å². The molecule has 0 amide bonds. The molecule has 0 aliphatic carbocycles. The van der Waals surface area contributed by atoms with Gasteiger partial charge in [-0.15, -0.1) is 0 Å². The van der Waals surface area contributed by atoms with Crippen LogP contribution >= 0.6 is 0 Å². The standard InChI is InChI=1S/2C4H10N.2C4H9.Mo.H2N/c2*1-3-5-4-2;2*1-4(2)3;;/h2*3-4H2,1-2H3;2*1-3H3;;1H2/q2*-1;;;+3;-1. The van der Waals surface area contributed by atoms with E-state index in [0.717, 1.165) is 26.2 Å². The Bertz CT molecular complexity index is 277. The molecule has 0 aromatic carbocycles. The van der Waals surface area contributed by atoms with E-state index in [-0.39, 0.29) is 7.61 Å². The number of hydrogen-bond donors (Lipinski definition) is 1. The van der Waals surface area contributed by atoms with Gasteiger partial charge in [0.15, 0.2) is 0 Å². The van der Waals surface area contributed by atoms with E-state index < -0.39 is 15.6 Å². The first-order chi connectivity index (χ1) is 8.87. The van der Waals surface area contributed by atoms with Gasteiger partial charge < -0.3 is 0 Å². The van der Waals surface area contributed by atoms with Crippen molar-refractivity contribution in [3.8, 4) is 0 Å². The fourth-order valence-electron chi connectivity index (χ4n) is 4.12. The molecule has 0 saturated carbocycles. The Morgan fingerprint density at radius 3 is 0.950 bits per heavy atom. The van der Waals surface area contributed by atoms with Gasteiger partial charge in [-0.3, -0.25) is 0 Å². The second kappa shape index (κ2) is 6.36. The van der Waals surface area contributed by atoms with Gasteiger partial charge in [0.2, 0.25) is 0 Å². The fourth-order valence-corrected chi connectivity index (χ4v) is 22.2. The van der Waals surface area contributed by atoms with Gasteiger partial charge in [0.1, 0.15) is 0 Å². The van der Waals surface area contributed by atoms with E-state index >= 15 is 0 Å². The third-order valence-corrected chi connectivity index (χ3v) is 24.4. The van der Waals surface area contributed by atoms with Crippen LogP contribution in [-0.4, -0.2) is 33.1 Å². The van der Waals surface area contributed by atoms with Crippen LogP contribution in [0.4, 0.5) is 0 Å². The van der Waals surface area contributed by atoms with Crippen molar-refractivity contribution < 1.29 is 15.6 Å². The molecule has 0 radical (unpaired) electrons. The van der Waals surface area contributed by atoms with E-state index in [0.29, 0.717) is 0 Å². The van der Waals surface area contributed by atoms with Crippen LogP contribution in [0, 0.1) is 0 Å². The van der Waals surface area contributed by atoms with Crippen molar-refractivity contribution >= 4 is 0 Å². The van der Waals surface area contributed by atoms with Crippen LogP contribution in [0.3, 0.4) is 0 Å². The summed E-state index contributed by atoms with van der Waals surface area (Å²) in [5, 5.41) is 0. The van der Waals surface area contributed by atoms with Crippen molar-refractivity contribution in [2.24, 2.45) is 4.29 Å². The molecule has 4 heteroatoms. The third-order valence-electron chi connectivity index (χ3n) is 4.87. The van der Waals surface area contributed by atoms with Crippen molar-refractivity contribution in [3.63, 3.8) is 0 Å². The Morgan fingerprint density at radius 2 is 0.850 bits per heavy atom. The third kappa shape index (κ3) is 2.43. The van der Waals surface area contributed by atoms with Crippen molar-refractivity contribution in [2.45, 2.75) is 76.8 Å². The molecular formula is C16H40MoN3. The van der Waals surface area contributed by atoms with Crippen LogP contribution in [0.25, 0.3) is 0 Å².